The molecule has 15 heteroatoms. The molecule has 0 amide bonds. The number of alkyl halides is 3. The van der Waals surface area contributed by atoms with Crippen LogP contribution in [-0.2, 0) is 22.7 Å². The maximum Gasteiger partial charge on any atom is 0.421 e. The first kappa shape index (κ1) is 24.6. The third-order valence-electron chi connectivity index (χ3n) is 4.45. The van der Waals surface area contributed by atoms with Gasteiger partial charge in [-0.15, -0.1) is 0 Å². The number of carbonyl (C=O) groups is 1. The highest BCUT2D eigenvalue weighted by Gasteiger charge is 2.35. The molecule has 0 aliphatic rings. The van der Waals surface area contributed by atoms with E-state index in [2.05, 4.69) is 30.6 Å². The van der Waals surface area contributed by atoms with Crippen molar-refractivity contribution in [2.45, 2.75) is 12.7 Å². The number of halogens is 3. The molecule has 2 heterocycles. The Bertz CT molecular complexity index is 1300. The molecule has 0 fully saturated rings. The number of nitrogens with one attached hydrogen (secondary N) is 2. The summed E-state index contributed by atoms with van der Waals surface area (Å²) in [6.45, 7) is -0.324. The van der Waals surface area contributed by atoms with Gasteiger partial charge in [0.15, 0.2) is 5.82 Å². The number of hydrogen-bond donors (Lipinski definition) is 3. The normalized spacial score (nSPS) is 11.7. The minimum atomic E-state index is -4.78. The molecule has 0 bridgehead atoms. The van der Waals surface area contributed by atoms with Crippen molar-refractivity contribution in [2.75, 3.05) is 28.2 Å². The topological polar surface area (TPSA) is 150 Å². The predicted octanol–water partition coefficient (Wildman–Crippen LogP) is 2.74. The smallest absolute Gasteiger partial charge is 0.421 e. The summed E-state index contributed by atoms with van der Waals surface area (Å²) in [6.07, 6.45) is -0.715. The zero-order chi connectivity index (χ0) is 25.1. The van der Waals surface area contributed by atoms with Crippen LogP contribution in [0.15, 0.2) is 42.9 Å². The SMILES string of the molecule is CN(c1nccnc1CNc1nc(Nc2ccc(C(=O)O)cc2)ncc1C(F)(F)F)S(C)(=O)=O. The number of carboxylic acids is 1. The number of benzene rings is 1. The van der Waals surface area contributed by atoms with Crippen molar-refractivity contribution in [3.63, 3.8) is 0 Å². The molecule has 3 N–H and O–H groups in total. The summed E-state index contributed by atoms with van der Waals surface area (Å²) in [7, 11) is -2.45. The Labute approximate surface area is 191 Å². The molecule has 0 aliphatic carbocycles. The number of sulfonamides is 1. The van der Waals surface area contributed by atoms with Crippen molar-refractivity contribution in [2.24, 2.45) is 0 Å². The van der Waals surface area contributed by atoms with Gasteiger partial charge in [0.25, 0.3) is 0 Å². The lowest BCUT2D eigenvalue weighted by Crippen LogP contribution is -2.27. The van der Waals surface area contributed by atoms with E-state index >= 15 is 0 Å². The van der Waals surface area contributed by atoms with Crippen LogP contribution in [0.25, 0.3) is 0 Å². The number of nitrogens with zero attached hydrogens (tertiary/aromatic N) is 5. The fourth-order valence-corrected chi connectivity index (χ4v) is 3.15. The van der Waals surface area contributed by atoms with E-state index in [1.165, 1.54) is 43.7 Å². The summed E-state index contributed by atoms with van der Waals surface area (Å²) in [4.78, 5) is 26.5. The number of aromatic nitrogens is 4. The standard InChI is InChI=1S/C19H18F3N7O4S/c1-29(34(2,32)33)16-14(23-7-8-24-16)10-25-15-13(19(20,21)22)9-26-18(28-15)27-12-5-3-11(4-6-12)17(30)31/h3-9H,10H2,1-2H3,(H,30,31)(H2,25,26,27,28). The summed E-state index contributed by atoms with van der Waals surface area (Å²) < 4.78 is 65.1. The Kier molecular flexibility index (Phi) is 6.85. The summed E-state index contributed by atoms with van der Waals surface area (Å²) in [5, 5.41) is 14.2. The minimum absolute atomic E-state index is 0.0279. The van der Waals surface area contributed by atoms with Crippen molar-refractivity contribution in [3.05, 3.63) is 59.7 Å². The van der Waals surface area contributed by atoms with E-state index in [0.29, 0.717) is 11.9 Å². The zero-order valence-corrected chi connectivity index (χ0v) is 18.5. The first-order chi connectivity index (χ1) is 15.9. The van der Waals surface area contributed by atoms with Crippen LogP contribution >= 0.6 is 0 Å². The highest BCUT2D eigenvalue weighted by atomic mass is 32.2. The van der Waals surface area contributed by atoms with Gasteiger partial charge < -0.3 is 15.7 Å². The van der Waals surface area contributed by atoms with Gasteiger partial charge in [-0.3, -0.25) is 9.29 Å². The molecule has 0 unspecified atom stereocenters. The Hall–Kier alpha value is -4.01. The monoisotopic (exact) mass is 497 g/mol. The van der Waals surface area contributed by atoms with E-state index in [4.69, 9.17) is 5.11 Å². The van der Waals surface area contributed by atoms with Crippen LogP contribution < -0.4 is 14.9 Å². The number of hydrogen-bond acceptors (Lipinski definition) is 9. The number of carboxylic acid groups (broad SMARTS) is 1. The van der Waals surface area contributed by atoms with E-state index in [0.717, 1.165) is 10.6 Å². The Morgan fingerprint density at radius 1 is 1.12 bits per heavy atom. The van der Waals surface area contributed by atoms with Gasteiger partial charge in [0.1, 0.15) is 17.1 Å². The maximum atomic E-state index is 13.5. The van der Waals surface area contributed by atoms with Crippen LogP contribution in [-0.4, -0.2) is 52.7 Å². The number of anilines is 4. The Morgan fingerprint density at radius 2 is 1.76 bits per heavy atom. The molecule has 0 spiro atoms. The first-order valence-corrected chi connectivity index (χ1v) is 11.2. The predicted molar refractivity (Wildman–Crippen MR) is 116 cm³/mol. The molecule has 0 radical (unpaired) electrons. The highest BCUT2D eigenvalue weighted by Crippen LogP contribution is 2.34. The van der Waals surface area contributed by atoms with Crippen LogP contribution in [0.4, 0.5) is 36.4 Å². The molecular weight excluding hydrogens is 479 g/mol. The summed E-state index contributed by atoms with van der Waals surface area (Å²) in [5.74, 6) is -1.96. The lowest BCUT2D eigenvalue weighted by atomic mass is 10.2. The fraction of sp³-hybridized carbons (Fsp3) is 0.211. The quantitative estimate of drug-likeness (QED) is 0.424. The average molecular weight is 497 g/mol. The van der Waals surface area contributed by atoms with Crippen LogP contribution in [0.2, 0.25) is 0 Å². The molecule has 34 heavy (non-hydrogen) atoms. The third kappa shape index (κ3) is 5.86. The molecule has 0 atom stereocenters. The van der Waals surface area contributed by atoms with Gasteiger partial charge in [-0.25, -0.2) is 23.2 Å². The van der Waals surface area contributed by atoms with E-state index in [1.54, 1.807) is 0 Å². The van der Waals surface area contributed by atoms with Crippen LogP contribution in [0, 0.1) is 0 Å². The van der Waals surface area contributed by atoms with Crippen molar-refractivity contribution in [1.29, 1.82) is 0 Å². The number of aromatic carboxylic acids is 1. The minimum Gasteiger partial charge on any atom is -0.478 e. The summed E-state index contributed by atoms with van der Waals surface area (Å²) in [5.41, 5.74) is -0.705. The Morgan fingerprint density at radius 3 is 2.35 bits per heavy atom. The van der Waals surface area contributed by atoms with Gasteiger partial charge in [-0.1, -0.05) is 0 Å². The first-order valence-electron chi connectivity index (χ1n) is 9.38. The molecule has 3 rings (SSSR count). The molecule has 0 saturated heterocycles. The molecule has 0 aliphatic heterocycles. The van der Waals surface area contributed by atoms with Gasteiger partial charge in [0.05, 0.1) is 18.4 Å². The zero-order valence-electron chi connectivity index (χ0n) is 17.7. The van der Waals surface area contributed by atoms with E-state index < -0.39 is 33.6 Å². The fourth-order valence-electron chi connectivity index (χ4n) is 2.68. The van der Waals surface area contributed by atoms with Gasteiger partial charge in [0, 0.05) is 31.3 Å². The maximum absolute atomic E-state index is 13.5. The van der Waals surface area contributed by atoms with Gasteiger partial charge in [-0.2, -0.15) is 18.2 Å². The average Bonchev–Trinajstić information content (AvgIpc) is 2.76. The van der Waals surface area contributed by atoms with Gasteiger partial charge >= 0.3 is 12.1 Å². The molecule has 1 aromatic carbocycles. The third-order valence-corrected chi connectivity index (χ3v) is 5.62. The van der Waals surface area contributed by atoms with Crippen molar-refractivity contribution in [3.8, 4) is 0 Å². The van der Waals surface area contributed by atoms with Crippen molar-refractivity contribution in [1.82, 2.24) is 19.9 Å². The molecule has 180 valence electrons. The van der Waals surface area contributed by atoms with Crippen molar-refractivity contribution < 1.29 is 31.5 Å². The lowest BCUT2D eigenvalue weighted by molar-refractivity contribution is -0.137. The largest absolute Gasteiger partial charge is 0.478 e. The van der Waals surface area contributed by atoms with Crippen LogP contribution in [0.5, 0.6) is 0 Å². The molecule has 0 saturated carbocycles. The van der Waals surface area contributed by atoms with Crippen LogP contribution in [0.3, 0.4) is 0 Å². The van der Waals surface area contributed by atoms with E-state index in [-0.39, 0.29) is 29.6 Å². The van der Waals surface area contributed by atoms with Gasteiger partial charge in [-0.05, 0) is 24.3 Å². The second-order valence-corrected chi connectivity index (χ2v) is 8.89. The molecular formula is C19H18F3N7O4S. The van der Waals surface area contributed by atoms with E-state index in [9.17, 15) is 26.4 Å². The second-order valence-electron chi connectivity index (χ2n) is 6.87. The van der Waals surface area contributed by atoms with E-state index in [1.807, 2.05) is 0 Å². The highest BCUT2D eigenvalue weighted by molar-refractivity contribution is 7.92. The summed E-state index contributed by atoms with van der Waals surface area (Å²) in [6, 6.07) is 5.43. The van der Waals surface area contributed by atoms with Crippen LogP contribution in [0.1, 0.15) is 21.6 Å². The van der Waals surface area contributed by atoms with Crippen molar-refractivity contribution >= 4 is 39.3 Å². The second kappa shape index (κ2) is 9.46. The summed E-state index contributed by atoms with van der Waals surface area (Å²) >= 11 is 0. The molecule has 2 aromatic heterocycles. The van der Waals surface area contributed by atoms with Gasteiger partial charge in [0.2, 0.25) is 16.0 Å². The molecule has 11 nitrogen and oxygen atoms in total. The Balaban J connectivity index is 1.89. The lowest BCUT2D eigenvalue weighted by Gasteiger charge is -2.19. The number of rotatable bonds is 8. The molecule has 3 aromatic rings.